The zero-order valence-electron chi connectivity index (χ0n) is 18.1. The van der Waals surface area contributed by atoms with E-state index in [0.717, 1.165) is 5.56 Å². The number of carbonyl (C=O) groups excluding carboxylic acids is 2. The largest absolute Gasteiger partial charge is 0.491 e. The highest BCUT2D eigenvalue weighted by Crippen LogP contribution is 2.35. The molecule has 0 unspecified atom stereocenters. The molecule has 1 aliphatic heterocycles. The molecule has 0 saturated heterocycles. The van der Waals surface area contributed by atoms with E-state index in [9.17, 15) is 9.59 Å². The molecule has 1 aliphatic rings. The summed E-state index contributed by atoms with van der Waals surface area (Å²) in [6, 6.07) is 21.5. The van der Waals surface area contributed by atoms with Gasteiger partial charge < -0.3 is 10.1 Å². The van der Waals surface area contributed by atoms with Crippen LogP contribution in [-0.2, 0) is 9.59 Å². The highest BCUT2D eigenvalue weighted by Gasteiger charge is 2.40. The van der Waals surface area contributed by atoms with Gasteiger partial charge in [-0.3, -0.25) is 9.59 Å². The minimum atomic E-state index is -0.416. The molecule has 0 atom stereocenters. The molecular formula is C26H23ClN2O3. The van der Waals surface area contributed by atoms with Crippen molar-refractivity contribution in [1.82, 2.24) is 0 Å². The predicted octanol–water partition coefficient (Wildman–Crippen LogP) is 5.83. The molecule has 0 aliphatic carbocycles. The highest BCUT2D eigenvalue weighted by molar-refractivity contribution is 6.46. The molecule has 0 spiro atoms. The summed E-state index contributed by atoms with van der Waals surface area (Å²) < 4.78 is 5.68. The molecule has 0 saturated carbocycles. The number of rotatable bonds is 6. The van der Waals surface area contributed by atoms with Crippen molar-refractivity contribution >= 4 is 40.4 Å². The quantitative estimate of drug-likeness (QED) is 0.484. The van der Waals surface area contributed by atoms with Crippen molar-refractivity contribution in [2.45, 2.75) is 26.9 Å². The van der Waals surface area contributed by atoms with Gasteiger partial charge >= 0.3 is 0 Å². The maximum atomic E-state index is 13.5. The summed E-state index contributed by atoms with van der Waals surface area (Å²) in [6.07, 6.45) is 0.0284. The average molecular weight is 447 g/mol. The molecule has 1 N–H and O–H groups in total. The number of hydrogen-bond donors (Lipinski definition) is 1. The number of benzene rings is 3. The number of ether oxygens (including phenoxy) is 1. The summed E-state index contributed by atoms with van der Waals surface area (Å²) in [5.74, 6) is -0.122. The van der Waals surface area contributed by atoms with Gasteiger partial charge in [-0.05, 0) is 74.4 Å². The van der Waals surface area contributed by atoms with Crippen LogP contribution in [-0.4, -0.2) is 17.9 Å². The van der Waals surface area contributed by atoms with Gasteiger partial charge in [-0.25, -0.2) is 4.90 Å². The summed E-state index contributed by atoms with van der Waals surface area (Å²) in [5.41, 5.74) is 3.28. The van der Waals surface area contributed by atoms with Gasteiger partial charge in [0.25, 0.3) is 11.8 Å². The summed E-state index contributed by atoms with van der Waals surface area (Å²) in [4.78, 5) is 28.1. The third-order valence-corrected chi connectivity index (χ3v) is 5.30. The van der Waals surface area contributed by atoms with E-state index in [1.165, 1.54) is 4.90 Å². The molecule has 0 aromatic heterocycles. The van der Waals surface area contributed by atoms with Crippen molar-refractivity contribution in [3.8, 4) is 5.75 Å². The molecule has 0 radical (unpaired) electrons. The smallest absolute Gasteiger partial charge is 0.282 e. The molecule has 1 heterocycles. The van der Waals surface area contributed by atoms with E-state index in [4.69, 9.17) is 16.3 Å². The zero-order valence-corrected chi connectivity index (χ0v) is 18.8. The number of nitrogens with one attached hydrogen (secondary N) is 1. The van der Waals surface area contributed by atoms with Crippen LogP contribution in [0.5, 0.6) is 5.75 Å². The van der Waals surface area contributed by atoms with Crippen molar-refractivity contribution in [3.63, 3.8) is 0 Å². The molecule has 32 heavy (non-hydrogen) atoms. The molecule has 0 bridgehead atoms. The minimum Gasteiger partial charge on any atom is -0.491 e. The second kappa shape index (κ2) is 8.89. The lowest BCUT2D eigenvalue weighted by molar-refractivity contribution is -0.120. The first kappa shape index (κ1) is 21.7. The Labute approximate surface area is 192 Å². The summed E-state index contributed by atoms with van der Waals surface area (Å²) >= 11 is 6.08. The van der Waals surface area contributed by atoms with Gasteiger partial charge in [0, 0.05) is 10.7 Å². The third kappa shape index (κ3) is 4.25. The fraction of sp³-hybridized carbons (Fsp3) is 0.154. The van der Waals surface area contributed by atoms with Gasteiger partial charge in [-0.15, -0.1) is 0 Å². The molecule has 6 heteroatoms. The monoisotopic (exact) mass is 446 g/mol. The SMILES string of the molecule is Cc1cc(Cl)ccc1NC1=C(c2ccccc2)C(=O)N(c2ccc(OC(C)C)cc2)C1=O. The van der Waals surface area contributed by atoms with E-state index in [-0.39, 0.29) is 17.7 Å². The van der Waals surface area contributed by atoms with E-state index >= 15 is 0 Å². The Morgan fingerprint density at radius 2 is 1.59 bits per heavy atom. The highest BCUT2D eigenvalue weighted by atomic mass is 35.5. The van der Waals surface area contributed by atoms with Crippen LogP contribution in [0.3, 0.4) is 0 Å². The Kier molecular flexibility index (Phi) is 6.01. The number of anilines is 2. The van der Waals surface area contributed by atoms with Crippen LogP contribution in [0.15, 0.2) is 78.5 Å². The number of nitrogens with zero attached hydrogens (tertiary/aromatic N) is 1. The number of amides is 2. The van der Waals surface area contributed by atoms with Gasteiger partial charge in [-0.2, -0.15) is 0 Å². The lowest BCUT2D eigenvalue weighted by atomic mass is 10.0. The molecule has 5 nitrogen and oxygen atoms in total. The van der Waals surface area contributed by atoms with Crippen LogP contribution in [0.1, 0.15) is 25.0 Å². The summed E-state index contributed by atoms with van der Waals surface area (Å²) in [6.45, 7) is 5.77. The van der Waals surface area contributed by atoms with E-state index in [1.807, 2.05) is 51.1 Å². The van der Waals surface area contributed by atoms with Crippen LogP contribution in [0.25, 0.3) is 5.57 Å². The minimum absolute atomic E-state index is 0.0284. The van der Waals surface area contributed by atoms with Crippen molar-refractivity contribution in [2.75, 3.05) is 10.2 Å². The molecule has 3 aromatic rings. The maximum Gasteiger partial charge on any atom is 0.282 e. The predicted molar refractivity (Wildman–Crippen MR) is 128 cm³/mol. The Balaban J connectivity index is 1.75. The Morgan fingerprint density at radius 3 is 2.22 bits per heavy atom. The van der Waals surface area contributed by atoms with Crippen LogP contribution in [0.4, 0.5) is 11.4 Å². The van der Waals surface area contributed by atoms with E-state index in [1.54, 1.807) is 42.5 Å². The van der Waals surface area contributed by atoms with Crippen molar-refractivity contribution < 1.29 is 14.3 Å². The first-order chi connectivity index (χ1) is 15.3. The normalized spacial score (nSPS) is 13.8. The Morgan fingerprint density at radius 1 is 0.906 bits per heavy atom. The van der Waals surface area contributed by atoms with Crippen molar-refractivity contribution in [3.05, 3.63) is 94.6 Å². The van der Waals surface area contributed by atoms with Gasteiger partial charge in [0.15, 0.2) is 0 Å². The zero-order chi connectivity index (χ0) is 22.8. The Hall–Kier alpha value is -3.57. The van der Waals surface area contributed by atoms with Crippen LogP contribution < -0.4 is 15.0 Å². The van der Waals surface area contributed by atoms with Crippen LogP contribution in [0, 0.1) is 6.92 Å². The Bertz CT molecular complexity index is 1200. The topological polar surface area (TPSA) is 58.6 Å². The second-order valence-electron chi connectivity index (χ2n) is 7.81. The fourth-order valence-corrected chi connectivity index (χ4v) is 3.83. The molecule has 162 valence electrons. The van der Waals surface area contributed by atoms with Gasteiger partial charge in [0.2, 0.25) is 0 Å². The standard InChI is InChI=1S/C26H23ClN2O3/c1-16(2)32-21-12-10-20(11-13-21)29-25(30)23(18-7-5-4-6-8-18)24(26(29)31)28-22-14-9-19(27)15-17(22)3/h4-16,28H,1-3H3. The maximum absolute atomic E-state index is 13.5. The average Bonchev–Trinajstić information content (AvgIpc) is 3.00. The molecule has 2 amide bonds. The fourth-order valence-electron chi connectivity index (χ4n) is 3.60. The first-order valence-electron chi connectivity index (χ1n) is 10.3. The van der Waals surface area contributed by atoms with Gasteiger partial charge in [0.05, 0.1) is 17.4 Å². The number of carbonyl (C=O) groups is 2. The number of imide groups is 1. The number of hydrogen-bond acceptors (Lipinski definition) is 4. The molecule has 3 aromatic carbocycles. The lowest BCUT2D eigenvalue weighted by Crippen LogP contribution is -2.32. The van der Waals surface area contributed by atoms with Crippen molar-refractivity contribution in [1.29, 1.82) is 0 Å². The number of halogens is 1. The molecule has 4 rings (SSSR count). The molecular weight excluding hydrogens is 424 g/mol. The van der Waals surface area contributed by atoms with Crippen LogP contribution >= 0.6 is 11.6 Å². The van der Waals surface area contributed by atoms with Gasteiger partial charge in [0.1, 0.15) is 11.4 Å². The van der Waals surface area contributed by atoms with Crippen LogP contribution in [0.2, 0.25) is 5.02 Å². The third-order valence-electron chi connectivity index (χ3n) is 5.06. The van der Waals surface area contributed by atoms with E-state index < -0.39 is 5.91 Å². The lowest BCUT2D eigenvalue weighted by Gasteiger charge is -2.17. The second-order valence-corrected chi connectivity index (χ2v) is 8.24. The molecule has 0 fully saturated rings. The van der Waals surface area contributed by atoms with Gasteiger partial charge in [-0.1, -0.05) is 41.9 Å². The summed E-state index contributed by atoms with van der Waals surface area (Å²) in [5, 5.41) is 3.79. The van der Waals surface area contributed by atoms with E-state index in [2.05, 4.69) is 5.32 Å². The van der Waals surface area contributed by atoms with Crippen molar-refractivity contribution in [2.24, 2.45) is 0 Å². The van der Waals surface area contributed by atoms with E-state index in [0.29, 0.717) is 33.3 Å². The number of aryl methyl sites for hydroxylation is 1. The summed E-state index contributed by atoms with van der Waals surface area (Å²) in [7, 11) is 0. The first-order valence-corrected chi connectivity index (χ1v) is 10.7.